The highest BCUT2D eigenvalue weighted by atomic mass is 16.2. The van der Waals surface area contributed by atoms with Crippen LogP contribution in [0.15, 0.2) is 0 Å². The molecule has 1 fully saturated rings. The molecule has 0 aromatic heterocycles. The second-order valence-electron chi connectivity index (χ2n) is 4.71. The first-order valence-corrected chi connectivity index (χ1v) is 6.22. The lowest BCUT2D eigenvalue weighted by Crippen LogP contribution is -2.44. The smallest absolute Gasteiger partial charge is 0.229 e. The Morgan fingerprint density at radius 3 is 2.65 bits per heavy atom. The highest BCUT2D eigenvalue weighted by Crippen LogP contribution is 2.31. The lowest BCUT2D eigenvalue weighted by molar-refractivity contribution is -0.140. The van der Waals surface area contributed by atoms with Gasteiger partial charge in [-0.25, -0.2) is 0 Å². The molecule has 2 amide bonds. The Morgan fingerprint density at radius 1 is 1.47 bits per heavy atom. The normalized spacial score (nSPS) is 23.5. The Hall–Kier alpha value is -1.10. The van der Waals surface area contributed by atoms with Gasteiger partial charge < -0.3 is 15.5 Å². The van der Waals surface area contributed by atoms with Gasteiger partial charge in [0, 0.05) is 33.6 Å². The lowest BCUT2D eigenvalue weighted by Gasteiger charge is -2.30. The highest BCUT2D eigenvalue weighted by molar-refractivity contribution is 5.84. The van der Waals surface area contributed by atoms with E-state index in [1.54, 1.807) is 19.0 Å². The van der Waals surface area contributed by atoms with Crippen LogP contribution in [-0.2, 0) is 9.59 Å². The van der Waals surface area contributed by atoms with Gasteiger partial charge in [0.2, 0.25) is 11.8 Å². The Kier molecular flexibility index (Phi) is 4.93. The summed E-state index contributed by atoms with van der Waals surface area (Å²) in [6, 6.07) is 0. The first-order valence-electron chi connectivity index (χ1n) is 6.22. The second kappa shape index (κ2) is 6.00. The third-order valence-corrected chi connectivity index (χ3v) is 3.67. The Balaban J connectivity index is 2.53. The Bertz CT molecular complexity index is 285. The second-order valence-corrected chi connectivity index (χ2v) is 4.71. The van der Waals surface area contributed by atoms with Crippen LogP contribution >= 0.6 is 0 Å². The summed E-state index contributed by atoms with van der Waals surface area (Å²) >= 11 is 0. The fourth-order valence-electron chi connectivity index (χ4n) is 2.28. The highest BCUT2D eigenvalue weighted by Gasteiger charge is 2.40. The molecule has 0 aromatic carbocycles. The van der Waals surface area contributed by atoms with Gasteiger partial charge in [-0.3, -0.25) is 9.59 Å². The molecule has 0 saturated carbocycles. The topological polar surface area (TPSA) is 61.4 Å². The molecule has 0 bridgehead atoms. The van der Waals surface area contributed by atoms with Crippen molar-refractivity contribution in [2.75, 3.05) is 33.7 Å². The summed E-state index contributed by atoms with van der Waals surface area (Å²) in [6.45, 7) is 4.20. The molecule has 1 aliphatic heterocycles. The number of hydrogen-bond donors (Lipinski definition) is 2. The van der Waals surface area contributed by atoms with Gasteiger partial charge in [-0.05, 0) is 19.4 Å². The fraction of sp³-hybridized carbons (Fsp3) is 0.833. The minimum absolute atomic E-state index is 0.0280. The van der Waals surface area contributed by atoms with Crippen LogP contribution in [0, 0.1) is 5.41 Å². The number of nitrogens with one attached hydrogen (secondary N) is 2. The summed E-state index contributed by atoms with van der Waals surface area (Å²) in [5, 5.41) is 5.81. The molecule has 5 heteroatoms. The molecule has 1 rings (SSSR count). The average molecular weight is 241 g/mol. The van der Waals surface area contributed by atoms with Crippen LogP contribution in [0.2, 0.25) is 0 Å². The molecule has 1 aliphatic rings. The molecule has 1 heterocycles. The van der Waals surface area contributed by atoms with Gasteiger partial charge in [-0.15, -0.1) is 0 Å². The summed E-state index contributed by atoms with van der Waals surface area (Å²) in [5.41, 5.74) is -0.253. The predicted octanol–water partition coefficient (Wildman–Crippen LogP) is -0.0294. The van der Waals surface area contributed by atoms with E-state index >= 15 is 0 Å². The van der Waals surface area contributed by atoms with Gasteiger partial charge in [0.25, 0.3) is 0 Å². The van der Waals surface area contributed by atoms with Gasteiger partial charge >= 0.3 is 0 Å². The van der Waals surface area contributed by atoms with E-state index in [1.165, 1.54) is 0 Å². The Labute approximate surface area is 103 Å². The maximum atomic E-state index is 12.4. The molecule has 2 N–H and O–H groups in total. The molecule has 5 nitrogen and oxygen atoms in total. The van der Waals surface area contributed by atoms with E-state index in [0.29, 0.717) is 13.0 Å². The molecular weight excluding hydrogens is 218 g/mol. The van der Waals surface area contributed by atoms with Crippen LogP contribution in [0.5, 0.6) is 0 Å². The monoisotopic (exact) mass is 241 g/mol. The van der Waals surface area contributed by atoms with Crippen molar-refractivity contribution in [3.8, 4) is 0 Å². The number of carbonyl (C=O) groups is 2. The minimum Gasteiger partial charge on any atom is -0.359 e. The van der Waals surface area contributed by atoms with Crippen molar-refractivity contribution >= 4 is 11.8 Å². The van der Waals surface area contributed by atoms with Crippen LogP contribution in [-0.4, -0.2) is 50.4 Å². The summed E-state index contributed by atoms with van der Waals surface area (Å²) in [7, 11) is 3.39. The number of carbonyl (C=O) groups excluding carboxylic acids is 2. The van der Waals surface area contributed by atoms with Gasteiger partial charge in [0.05, 0.1) is 5.41 Å². The SMILES string of the molecule is CCC1(C(=O)N(C)CCC(=O)NC)CCNC1. The van der Waals surface area contributed by atoms with E-state index in [2.05, 4.69) is 17.6 Å². The molecule has 1 atom stereocenters. The van der Waals surface area contributed by atoms with Crippen molar-refractivity contribution in [2.45, 2.75) is 26.2 Å². The van der Waals surface area contributed by atoms with Crippen molar-refractivity contribution in [1.82, 2.24) is 15.5 Å². The zero-order chi connectivity index (χ0) is 12.9. The lowest BCUT2D eigenvalue weighted by atomic mass is 9.83. The van der Waals surface area contributed by atoms with Gasteiger partial charge in [0.1, 0.15) is 0 Å². The summed E-state index contributed by atoms with van der Waals surface area (Å²) in [5.74, 6) is 0.133. The number of rotatable bonds is 5. The van der Waals surface area contributed by atoms with Crippen LogP contribution < -0.4 is 10.6 Å². The summed E-state index contributed by atoms with van der Waals surface area (Å²) in [6.07, 6.45) is 2.11. The van der Waals surface area contributed by atoms with E-state index in [-0.39, 0.29) is 17.2 Å². The van der Waals surface area contributed by atoms with Crippen molar-refractivity contribution in [2.24, 2.45) is 5.41 Å². The van der Waals surface area contributed by atoms with E-state index in [4.69, 9.17) is 0 Å². The van der Waals surface area contributed by atoms with Crippen LogP contribution in [0.4, 0.5) is 0 Å². The van der Waals surface area contributed by atoms with Gasteiger partial charge in [-0.2, -0.15) is 0 Å². The largest absolute Gasteiger partial charge is 0.359 e. The molecule has 17 heavy (non-hydrogen) atoms. The van der Waals surface area contributed by atoms with Crippen LogP contribution in [0.1, 0.15) is 26.2 Å². The number of hydrogen-bond acceptors (Lipinski definition) is 3. The van der Waals surface area contributed by atoms with Crippen molar-refractivity contribution in [3.05, 3.63) is 0 Å². The van der Waals surface area contributed by atoms with E-state index in [9.17, 15) is 9.59 Å². The quantitative estimate of drug-likeness (QED) is 0.710. The van der Waals surface area contributed by atoms with Crippen molar-refractivity contribution in [1.29, 1.82) is 0 Å². The molecule has 98 valence electrons. The first kappa shape index (κ1) is 14.0. The van der Waals surface area contributed by atoms with E-state index < -0.39 is 0 Å². The molecule has 0 aromatic rings. The van der Waals surface area contributed by atoms with Crippen molar-refractivity contribution < 1.29 is 9.59 Å². The Morgan fingerprint density at radius 2 is 2.18 bits per heavy atom. The summed E-state index contributed by atoms with van der Waals surface area (Å²) < 4.78 is 0. The number of amides is 2. The van der Waals surface area contributed by atoms with Crippen molar-refractivity contribution in [3.63, 3.8) is 0 Å². The summed E-state index contributed by atoms with van der Waals surface area (Å²) in [4.78, 5) is 25.2. The predicted molar refractivity (Wildman–Crippen MR) is 66.5 cm³/mol. The molecule has 0 radical (unpaired) electrons. The number of nitrogens with zero attached hydrogens (tertiary/aromatic N) is 1. The zero-order valence-electron chi connectivity index (χ0n) is 11.0. The molecule has 1 unspecified atom stereocenters. The minimum atomic E-state index is -0.253. The van der Waals surface area contributed by atoms with E-state index in [1.807, 2.05) is 0 Å². The average Bonchev–Trinajstić information content (AvgIpc) is 2.84. The third kappa shape index (κ3) is 3.19. The standard InChI is InChI=1S/C12H23N3O2/c1-4-12(6-7-14-9-12)11(17)15(3)8-5-10(16)13-2/h14H,4-9H2,1-3H3,(H,13,16). The van der Waals surface area contributed by atoms with Gasteiger partial charge in [0.15, 0.2) is 0 Å². The van der Waals surface area contributed by atoms with Gasteiger partial charge in [-0.1, -0.05) is 6.92 Å². The zero-order valence-corrected chi connectivity index (χ0v) is 11.0. The molecular formula is C12H23N3O2. The fourth-order valence-corrected chi connectivity index (χ4v) is 2.28. The molecule has 0 spiro atoms. The molecule has 0 aliphatic carbocycles. The van der Waals surface area contributed by atoms with Crippen LogP contribution in [0.25, 0.3) is 0 Å². The third-order valence-electron chi connectivity index (χ3n) is 3.67. The molecule has 1 saturated heterocycles. The van der Waals surface area contributed by atoms with E-state index in [0.717, 1.165) is 25.9 Å². The van der Waals surface area contributed by atoms with Crippen LogP contribution in [0.3, 0.4) is 0 Å². The first-order chi connectivity index (χ1) is 8.05. The maximum absolute atomic E-state index is 12.4. The maximum Gasteiger partial charge on any atom is 0.229 e.